The molecular formula is C23H15N7. The van der Waals surface area contributed by atoms with E-state index in [1.165, 1.54) is 0 Å². The van der Waals surface area contributed by atoms with Crippen molar-refractivity contribution in [1.82, 2.24) is 35.1 Å². The van der Waals surface area contributed by atoms with Gasteiger partial charge >= 0.3 is 0 Å². The van der Waals surface area contributed by atoms with Gasteiger partial charge in [-0.05, 0) is 29.8 Å². The Hall–Kier alpha value is -4.39. The largest absolute Gasteiger partial charge is 0.353 e. The molecule has 0 unspecified atom stereocenters. The molecule has 0 fully saturated rings. The Bertz CT molecular complexity index is 1480. The molecule has 5 aromatic heterocycles. The molecule has 30 heavy (non-hydrogen) atoms. The predicted molar refractivity (Wildman–Crippen MR) is 115 cm³/mol. The van der Waals surface area contributed by atoms with Gasteiger partial charge in [-0.1, -0.05) is 18.2 Å². The molecule has 0 atom stereocenters. The van der Waals surface area contributed by atoms with Gasteiger partial charge in [-0.15, -0.1) is 0 Å². The summed E-state index contributed by atoms with van der Waals surface area (Å²) in [5.41, 5.74) is 7.37. The van der Waals surface area contributed by atoms with Crippen LogP contribution in [-0.4, -0.2) is 35.1 Å². The molecule has 6 rings (SSSR count). The van der Waals surface area contributed by atoms with Gasteiger partial charge in [0.25, 0.3) is 0 Å². The van der Waals surface area contributed by atoms with Gasteiger partial charge < -0.3 is 4.98 Å². The zero-order valence-corrected chi connectivity index (χ0v) is 15.7. The SMILES string of the molecule is c1cncc(-c2cccc3[nH]c(-c4n[nH]c5cnc(-c6cnccn6)cc45)cc23)c1. The van der Waals surface area contributed by atoms with Gasteiger partial charge in [0.05, 0.1) is 29.3 Å². The number of nitrogens with one attached hydrogen (secondary N) is 2. The molecule has 0 bridgehead atoms. The fourth-order valence-electron chi connectivity index (χ4n) is 3.75. The lowest BCUT2D eigenvalue weighted by Crippen LogP contribution is -1.88. The summed E-state index contributed by atoms with van der Waals surface area (Å²) in [5, 5.41) is 9.73. The number of hydrogen-bond donors (Lipinski definition) is 2. The summed E-state index contributed by atoms with van der Waals surface area (Å²) in [5.74, 6) is 0. The molecule has 0 amide bonds. The highest BCUT2D eigenvalue weighted by atomic mass is 15.1. The molecule has 7 nitrogen and oxygen atoms in total. The summed E-state index contributed by atoms with van der Waals surface area (Å²) < 4.78 is 0. The number of nitrogens with zero attached hydrogens (tertiary/aromatic N) is 5. The Labute approximate surface area is 170 Å². The fraction of sp³-hybridized carbons (Fsp3) is 0. The quantitative estimate of drug-likeness (QED) is 0.460. The molecule has 2 N–H and O–H groups in total. The van der Waals surface area contributed by atoms with Crippen LogP contribution in [0.3, 0.4) is 0 Å². The Morgan fingerprint density at radius 3 is 2.53 bits per heavy atom. The second-order valence-electron chi connectivity index (χ2n) is 6.97. The number of rotatable bonds is 3. The normalized spacial score (nSPS) is 11.3. The van der Waals surface area contributed by atoms with E-state index in [-0.39, 0.29) is 0 Å². The Morgan fingerprint density at radius 2 is 1.67 bits per heavy atom. The maximum atomic E-state index is 4.55. The Morgan fingerprint density at radius 1 is 0.700 bits per heavy atom. The summed E-state index contributed by atoms with van der Waals surface area (Å²) in [4.78, 5) is 20.7. The van der Waals surface area contributed by atoms with Crippen molar-refractivity contribution in [2.45, 2.75) is 0 Å². The van der Waals surface area contributed by atoms with Crippen molar-refractivity contribution in [2.75, 3.05) is 0 Å². The number of hydrogen-bond acceptors (Lipinski definition) is 5. The van der Waals surface area contributed by atoms with Crippen molar-refractivity contribution < 1.29 is 0 Å². The number of aromatic amines is 2. The summed E-state index contributed by atoms with van der Waals surface area (Å²) in [6.45, 7) is 0. The van der Waals surface area contributed by atoms with Crippen LogP contribution < -0.4 is 0 Å². The van der Waals surface area contributed by atoms with Gasteiger partial charge in [0.15, 0.2) is 0 Å². The van der Waals surface area contributed by atoms with E-state index in [0.29, 0.717) is 0 Å². The van der Waals surface area contributed by atoms with E-state index in [2.05, 4.69) is 59.4 Å². The maximum Gasteiger partial charge on any atom is 0.116 e. The van der Waals surface area contributed by atoms with Gasteiger partial charge in [-0.25, -0.2) is 0 Å². The van der Waals surface area contributed by atoms with Crippen LogP contribution in [0.15, 0.2) is 79.6 Å². The number of aromatic nitrogens is 7. The first-order valence-corrected chi connectivity index (χ1v) is 9.50. The summed E-state index contributed by atoms with van der Waals surface area (Å²) >= 11 is 0. The second-order valence-corrected chi connectivity index (χ2v) is 6.97. The third kappa shape index (κ3) is 2.64. The van der Waals surface area contributed by atoms with Crippen molar-refractivity contribution in [3.8, 4) is 33.9 Å². The van der Waals surface area contributed by atoms with Gasteiger partial charge in [0.1, 0.15) is 11.4 Å². The van der Waals surface area contributed by atoms with E-state index in [4.69, 9.17) is 0 Å². The third-order valence-corrected chi connectivity index (χ3v) is 5.16. The maximum absolute atomic E-state index is 4.55. The third-order valence-electron chi connectivity index (χ3n) is 5.16. The molecule has 142 valence electrons. The molecule has 7 heteroatoms. The standard InChI is InChI=1S/C23H15N7/c1-4-15(14-3-2-6-24-11-14)16-9-20(28-18(16)5-1)23-17-10-19(22-12-25-7-8-26-22)27-13-21(17)29-30-23/h1-13,28H,(H,29,30). The van der Waals surface area contributed by atoms with Crippen LogP contribution in [-0.2, 0) is 0 Å². The smallest absolute Gasteiger partial charge is 0.116 e. The first-order valence-electron chi connectivity index (χ1n) is 9.50. The van der Waals surface area contributed by atoms with E-state index >= 15 is 0 Å². The van der Waals surface area contributed by atoms with Crippen molar-refractivity contribution in [1.29, 1.82) is 0 Å². The Balaban J connectivity index is 1.52. The molecule has 0 saturated heterocycles. The monoisotopic (exact) mass is 389 g/mol. The van der Waals surface area contributed by atoms with E-state index in [1.807, 2.05) is 24.4 Å². The average Bonchev–Trinajstić information content (AvgIpc) is 3.43. The number of fused-ring (bicyclic) bond motifs is 2. The van der Waals surface area contributed by atoms with Gasteiger partial charge in [0, 0.05) is 46.6 Å². The first kappa shape index (κ1) is 16.6. The van der Waals surface area contributed by atoms with Crippen LogP contribution >= 0.6 is 0 Å². The number of pyridine rings is 2. The van der Waals surface area contributed by atoms with Crippen LogP contribution in [0.1, 0.15) is 0 Å². The van der Waals surface area contributed by atoms with Crippen LogP contribution in [0.25, 0.3) is 55.7 Å². The summed E-state index contributed by atoms with van der Waals surface area (Å²) in [6.07, 6.45) is 10.5. The Kier molecular flexibility index (Phi) is 3.64. The predicted octanol–water partition coefficient (Wildman–Crippen LogP) is 4.63. The highest BCUT2D eigenvalue weighted by molar-refractivity contribution is 6.01. The number of benzene rings is 1. The van der Waals surface area contributed by atoms with E-state index in [1.54, 1.807) is 31.0 Å². The molecular weight excluding hydrogens is 374 g/mol. The van der Waals surface area contributed by atoms with Crippen LogP contribution in [0.2, 0.25) is 0 Å². The molecule has 0 saturated carbocycles. The molecule has 5 heterocycles. The highest BCUT2D eigenvalue weighted by Gasteiger charge is 2.15. The minimum absolute atomic E-state index is 0.724. The molecule has 1 aromatic carbocycles. The second kappa shape index (κ2) is 6.59. The van der Waals surface area contributed by atoms with Gasteiger partial charge in [-0.2, -0.15) is 5.10 Å². The number of H-pyrrole nitrogens is 2. The lowest BCUT2D eigenvalue weighted by Gasteiger charge is -2.02. The topological polar surface area (TPSA) is 96.0 Å². The molecule has 0 spiro atoms. The fourth-order valence-corrected chi connectivity index (χ4v) is 3.75. The van der Waals surface area contributed by atoms with Crippen molar-refractivity contribution >= 4 is 21.8 Å². The molecule has 0 aliphatic rings. The van der Waals surface area contributed by atoms with Crippen molar-refractivity contribution in [3.05, 3.63) is 79.6 Å². The molecule has 0 aliphatic heterocycles. The van der Waals surface area contributed by atoms with E-state index in [0.717, 1.165) is 55.7 Å². The van der Waals surface area contributed by atoms with Gasteiger partial charge in [-0.3, -0.25) is 25.0 Å². The zero-order chi connectivity index (χ0) is 19.9. The van der Waals surface area contributed by atoms with Crippen LogP contribution in [0, 0.1) is 0 Å². The van der Waals surface area contributed by atoms with Crippen LogP contribution in [0.4, 0.5) is 0 Å². The van der Waals surface area contributed by atoms with E-state index < -0.39 is 0 Å². The van der Waals surface area contributed by atoms with Gasteiger partial charge in [0.2, 0.25) is 0 Å². The minimum atomic E-state index is 0.724. The van der Waals surface area contributed by atoms with E-state index in [9.17, 15) is 0 Å². The first-order chi connectivity index (χ1) is 14.9. The molecule has 0 aliphatic carbocycles. The van der Waals surface area contributed by atoms with Crippen molar-refractivity contribution in [2.24, 2.45) is 0 Å². The highest BCUT2D eigenvalue weighted by Crippen LogP contribution is 2.34. The lowest BCUT2D eigenvalue weighted by molar-refractivity contribution is 1.11. The summed E-state index contributed by atoms with van der Waals surface area (Å²) in [7, 11) is 0. The minimum Gasteiger partial charge on any atom is -0.353 e. The molecule has 6 aromatic rings. The lowest BCUT2D eigenvalue weighted by atomic mass is 10.0. The average molecular weight is 389 g/mol. The molecule has 0 radical (unpaired) electrons. The van der Waals surface area contributed by atoms with Crippen LogP contribution in [0.5, 0.6) is 0 Å². The summed E-state index contributed by atoms with van der Waals surface area (Å²) in [6, 6.07) is 14.4. The zero-order valence-electron chi connectivity index (χ0n) is 15.7. The van der Waals surface area contributed by atoms with Crippen molar-refractivity contribution in [3.63, 3.8) is 0 Å².